The van der Waals surface area contributed by atoms with Crippen molar-refractivity contribution in [3.05, 3.63) is 24.1 Å². The van der Waals surface area contributed by atoms with Crippen molar-refractivity contribution in [1.82, 2.24) is 4.98 Å². The molecule has 2 aromatic rings. The summed E-state index contributed by atoms with van der Waals surface area (Å²) >= 11 is 0. The number of nitrogens with zero attached hydrogens (tertiary/aromatic N) is 1. The Morgan fingerprint density at radius 1 is 1.11 bits per heavy atom. The van der Waals surface area contributed by atoms with Crippen molar-refractivity contribution in [2.75, 3.05) is 11.9 Å². The monoisotopic (exact) mass is 260 g/mol. The fraction of sp³-hybridized carbons (Fsp3) is 0.562. The topological polar surface area (TPSA) is 38.1 Å². The molecule has 0 spiro atoms. The van der Waals surface area contributed by atoms with Gasteiger partial charge in [-0.2, -0.15) is 0 Å². The van der Waals surface area contributed by atoms with E-state index in [1.54, 1.807) is 0 Å². The van der Waals surface area contributed by atoms with Gasteiger partial charge < -0.3 is 9.73 Å². The standard InChI is InChI=1S/C16H24N2O/c1-3-5-6-7-8-11-17-13-9-10-15-14(12-13)18-16(4-2)19-15/h9-10,12,17H,3-8,11H2,1-2H3. The molecular weight excluding hydrogens is 236 g/mol. The van der Waals surface area contributed by atoms with Gasteiger partial charge in [-0.1, -0.05) is 39.5 Å². The lowest BCUT2D eigenvalue weighted by molar-refractivity contribution is 0.538. The molecule has 19 heavy (non-hydrogen) atoms. The Bertz CT molecular complexity index is 504. The van der Waals surface area contributed by atoms with Crippen LogP contribution in [-0.4, -0.2) is 11.5 Å². The lowest BCUT2D eigenvalue weighted by atomic mass is 10.1. The van der Waals surface area contributed by atoms with E-state index in [2.05, 4.69) is 36.3 Å². The average molecular weight is 260 g/mol. The predicted molar refractivity (Wildman–Crippen MR) is 80.6 cm³/mol. The van der Waals surface area contributed by atoms with Crippen LogP contribution >= 0.6 is 0 Å². The predicted octanol–water partition coefficient (Wildman–Crippen LogP) is 4.77. The molecule has 0 aliphatic carbocycles. The zero-order valence-electron chi connectivity index (χ0n) is 12.0. The molecule has 0 radical (unpaired) electrons. The number of nitrogens with one attached hydrogen (secondary N) is 1. The highest BCUT2D eigenvalue weighted by molar-refractivity contribution is 5.77. The van der Waals surface area contributed by atoms with Gasteiger partial charge >= 0.3 is 0 Å². The zero-order valence-corrected chi connectivity index (χ0v) is 12.0. The van der Waals surface area contributed by atoms with E-state index in [0.29, 0.717) is 0 Å². The molecule has 0 fully saturated rings. The van der Waals surface area contributed by atoms with E-state index < -0.39 is 0 Å². The van der Waals surface area contributed by atoms with Crippen LogP contribution in [0.1, 0.15) is 51.8 Å². The minimum absolute atomic E-state index is 0.812. The molecule has 0 unspecified atom stereocenters. The molecule has 0 saturated carbocycles. The quantitative estimate of drug-likeness (QED) is 0.694. The molecule has 3 heteroatoms. The minimum Gasteiger partial charge on any atom is -0.441 e. The fourth-order valence-corrected chi connectivity index (χ4v) is 2.20. The molecule has 0 bridgehead atoms. The van der Waals surface area contributed by atoms with E-state index in [4.69, 9.17) is 4.42 Å². The molecular formula is C16H24N2O. The number of aromatic nitrogens is 1. The summed E-state index contributed by atoms with van der Waals surface area (Å²) in [5.41, 5.74) is 2.97. The van der Waals surface area contributed by atoms with Crippen LogP contribution in [0.4, 0.5) is 5.69 Å². The molecule has 0 atom stereocenters. The highest BCUT2D eigenvalue weighted by atomic mass is 16.3. The molecule has 0 aliphatic heterocycles. The Balaban J connectivity index is 1.83. The van der Waals surface area contributed by atoms with Crippen LogP contribution in [0.15, 0.2) is 22.6 Å². The summed E-state index contributed by atoms with van der Waals surface area (Å²) in [4.78, 5) is 4.45. The lowest BCUT2D eigenvalue weighted by Gasteiger charge is -2.05. The Kier molecular flexibility index (Phi) is 5.25. The van der Waals surface area contributed by atoms with Crippen LogP contribution in [0.5, 0.6) is 0 Å². The van der Waals surface area contributed by atoms with Crippen LogP contribution in [-0.2, 0) is 6.42 Å². The van der Waals surface area contributed by atoms with Gasteiger partial charge in [0, 0.05) is 18.7 Å². The Morgan fingerprint density at radius 2 is 1.95 bits per heavy atom. The van der Waals surface area contributed by atoms with Gasteiger partial charge in [0.25, 0.3) is 0 Å². The number of unbranched alkanes of at least 4 members (excludes halogenated alkanes) is 4. The molecule has 1 N–H and O–H groups in total. The third-order valence-corrected chi connectivity index (χ3v) is 3.34. The Hall–Kier alpha value is -1.51. The second-order valence-electron chi connectivity index (χ2n) is 4.98. The molecule has 104 valence electrons. The summed E-state index contributed by atoms with van der Waals surface area (Å²) in [6.45, 7) is 5.34. The first-order valence-electron chi connectivity index (χ1n) is 7.46. The molecule has 0 amide bonds. The molecule has 2 rings (SSSR count). The first kappa shape index (κ1) is 13.9. The summed E-state index contributed by atoms with van der Waals surface area (Å²) in [5.74, 6) is 0.812. The van der Waals surface area contributed by atoms with Gasteiger partial charge in [0.05, 0.1) is 0 Å². The van der Waals surface area contributed by atoms with Gasteiger partial charge in [-0.05, 0) is 24.6 Å². The van der Waals surface area contributed by atoms with Crippen LogP contribution in [0.25, 0.3) is 11.1 Å². The third kappa shape index (κ3) is 3.98. The Labute approximate surface area is 115 Å². The number of rotatable bonds is 8. The second kappa shape index (κ2) is 7.17. The van der Waals surface area contributed by atoms with Gasteiger partial charge in [0.15, 0.2) is 11.5 Å². The fourth-order valence-electron chi connectivity index (χ4n) is 2.20. The molecule has 1 aromatic carbocycles. The number of benzene rings is 1. The van der Waals surface area contributed by atoms with E-state index in [1.165, 1.54) is 32.1 Å². The number of aryl methyl sites for hydroxylation is 1. The van der Waals surface area contributed by atoms with Crippen LogP contribution < -0.4 is 5.32 Å². The van der Waals surface area contributed by atoms with Crippen LogP contribution in [0.2, 0.25) is 0 Å². The van der Waals surface area contributed by atoms with Crippen molar-refractivity contribution in [2.24, 2.45) is 0 Å². The molecule has 3 nitrogen and oxygen atoms in total. The number of fused-ring (bicyclic) bond motifs is 1. The maximum Gasteiger partial charge on any atom is 0.195 e. The Morgan fingerprint density at radius 3 is 2.74 bits per heavy atom. The molecule has 0 saturated heterocycles. The average Bonchev–Trinajstić information content (AvgIpc) is 2.85. The van der Waals surface area contributed by atoms with Crippen LogP contribution in [0.3, 0.4) is 0 Å². The molecule has 1 aromatic heterocycles. The van der Waals surface area contributed by atoms with Crippen molar-refractivity contribution >= 4 is 16.8 Å². The molecule has 0 aliphatic rings. The summed E-state index contributed by atoms with van der Waals surface area (Å²) in [5, 5.41) is 3.46. The first-order chi connectivity index (χ1) is 9.33. The normalized spacial score (nSPS) is 11.1. The number of anilines is 1. The highest BCUT2D eigenvalue weighted by Gasteiger charge is 2.04. The van der Waals surface area contributed by atoms with E-state index in [0.717, 1.165) is 35.6 Å². The minimum atomic E-state index is 0.812. The van der Waals surface area contributed by atoms with Crippen molar-refractivity contribution < 1.29 is 4.42 Å². The summed E-state index contributed by atoms with van der Waals surface area (Å²) in [6, 6.07) is 6.14. The summed E-state index contributed by atoms with van der Waals surface area (Å²) < 4.78 is 5.60. The number of hydrogen-bond acceptors (Lipinski definition) is 3. The zero-order chi connectivity index (χ0) is 13.5. The lowest BCUT2D eigenvalue weighted by Crippen LogP contribution is -2.01. The summed E-state index contributed by atoms with van der Waals surface area (Å²) in [7, 11) is 0. The van der Waals surface area contributed by atoms with Crippen molar-refractivity contribution in [3.8, 4) is 0 Å². The van der Waals surface area contributed by atoms with E-state index in [9.17, 15) is 0 Å². The summed E-state index contributed by atoms with van der Waals surface area (Å²) in [6.07, 6.45) is 7.39. The van der Waals surface area contributed by atoms with Gasteiger partial charge in [-0.15, -0.1) is 0 Å². The maximum atomic E-state index is 5.60. The van der Waals surface area contributed by atoms with Gasteiger partial charge in [-0.3, -0.25) is 0 Å². The number of hydrogen-bond donors (Lipinski definition) is 1. The van der Waals surface area contributed by atoms with Gasteiger partial charge in [-0.25, -0.2) is 4.98 Å². The van der Waals surface area contributed by atoms with Crippen LogP contribution in [0, 0.1) is 0 Å². The smallest absolute Gasteiger partial charge is 0.195 e. The maximum absolute atomic E-state index is 5.60. The van der Waals surface area contributed by atoms with Gasteiger partial charge in [0.2, 0.25) is 0 Å². The largest absolute Gasteiger partial charge is 0.441 e. The first-order valence-corrected chi connectivity index (χ1v) is 7.46. The van der Waals surface area contributed by atoms with Crippen molar-refractivity contribution in [1.29, 1.82) is 0 Å². The van der Waals surface area contributed by atoms with Gasteiger partial charge in [0.1, 0.15) is 5.52 Å². The van der Waals surface area contributed by atoms with E-state index in [1.807, 2.05) is 6.07 Å². The van der Waals surface area contributed by atoms with E-state index >= 15 is 0 Å². The van der Waals surface area contributed by atoms with Crippen molar-refractivity contribution in [2.45, 2.75) is 52.4 Å². The number of oxazole rings is 1. The highest BCUT2D eigenvalue weighted by Crippen LogP contribution is 2.20. The van der Waals surface area contributed by atoms with E-state index in [-0.39, 0.29) is 0 Å². The second-order valence-corrected chi connectivity index (χ2v) is 4.98. The van der Waals surface area contributed by atoms with Crippen molar-refractivity contribution in [3.63, 3.8) is 0 Å². The molecule has 1 heterocycles. The SMILES string of the molecule is CCCCCCCNc1ccc2oc(CC)nc2c1. The third-order valence-electron chi connectivity index (χ3n) is 3.34.